The molecule has 104 valence electrons. The summed E-state index contributed by atoms with van der Waals surface area (Å²) in [5.41, 5.74) is 6.18. The van der Waals surface area contributed by atoms with Gasteiger partial charge in [0.25, 0.3) is 0 Å². The van der Waals surface area contributed by atoms with Gasteiger partial charge in [-0.1, -0.05) is 5.21 Å². The van der Waals surface area contributed by atoms with Crippen molar-refractivity contribution >= 4 is 11.9 Å². The highest BCUT2D eigenvalue weighted by Gasteiger charge is 2.24. The van der Waals surface area contributed by atoms with E-state index in [0.29, 0.717) is 18.7 Å². The van der Waals surface area contributed by atoms with Crippen molar-refractivity contribution in [3.05, 3.63) is 11.4 Å². The van der Waals surface area contributed by atoms with Gasteiger partial charge in [-0.2, -0.15) is 0 Å². The average molecular weight is 267 g/mol. The number of nitrogens with zero attached hydrogens (tertiary/aromatic N) is 4. The molecule has 0 unspecified atom stereocenters. The third-order valence-electron chi connectivity index (χ3n) is 3.09. The van der Waals surface area contributed by atoms with Crippen LogP contribution in [0.4, 0.5) is 0 Å². The third-order valence-corrected chi connectivity index (χ3v) is 3.09. The summed E-state index contributed by atoms with van der Waals surface area (Å²) in [7, 11) is 1.28. The summed E-state index contributed by atoms with van der Waals surface area (Å²) in [6, 6.07) is 0. The van der Waals surface area contributed by atoms with Crippen LogP contribution in [0.25, 0.3) is 0 Å². The van der Waals surface area contributed by atoms with Gasteiger partial charge in [-0.15, -0.1) is 5.10 Å². The van der Waals surface area contributed by atoms with Crippen molar-refractivity contribution in [2.75, 3.05) is 26.7 Å². The number of rotatable bonds is 5. The van der Waals surface area contributed by atoms with Crippen LogP contribution in [-0.4, -0.2) is 58.5 Å². The summed E-state index contributed by atoms with van der Waals surface area (Å²) in [4.78, 5) is 25.2. The van der Waals surface area contributed by atoms with Crippen LogP contribution in [0.2, 0.25) is 0 Å². The standard InChI is InChI=1S/C11H17N5O3/c1-19-11(18)10-8(3-4-12)16(14-13-10)7-9(17)15-5-2-6-15/h2-7,12H2,1H3. The van der Waals surface area contributed by atoms with Crippen molar-refractivity contribution in [3.8, 4) is 0 Å². The molecular formula is C11H17N5O3. The Kier molecular flexibility index (Phi) is 4.10. The van der Waals surface area contributed by atoms with Gasteiger partial charge in [-0.25, -0.2) is 9.48 Å². The van der Waals surface area contributed by atoms with Crippen LogP contribution in [-0.2, 0) is 22.5 Å². The van der Waals surface area contributed by atoms with E-state index < -0.39 is 5.97 Å². The minimum atomic E-state index is -0.564. The second-order valence-electron chi connectivity index (χ2n) is 4.31. The summed E-state index contributed by atoms with van der Waals surface area (Å²) >= 11 is 0. The molecule has 1 amide bonds. The van der Waals surface area contributed by atoms with E-state index in [1.807, 2.05) is 0 Å². The monoisotopic (exact) mass is 267 g/mol. The molecule has 1 aromatic heterocycles. The van der Waals surface area contributed by atoms with E-state index in [0.717, 1.165) is 19.5 Å². The first-order chi connectivity index (χ1) is 9.17. The van der Waals surface area contributed by atoms with Gasteiger partial charge in [0.05, 0.1) is 12.8 Å². The summed E-state index contributed by atoms with van der Waals surface area (Å²) in [5.74, 6) is -0.586. The number of nitrogens with two attached hydrogens (primary N) is 1. The number of carbonyl (C=O) groups is 2. The van der Waals surface area contributed by atoms with E-state index in [4.69, 9.17) is 5.73 Å². The van der Waals surface area contributed by atoms with Crippen LogP contribution in [0.1, 0.15) is 22.6 Å². The number of carbonyl (C=O) groups excluding carboxylic acids is 2. The van der Waals surface area contributed by atoms with E-state index in [2.05, 4.69) is 15.0 Å². The molecule has 0 saturated carbocycles. The molecule has 1 aliphatic heterocycles. The highest BCUT2D eigenvalue weighted by atomic mass is 16.5. The number of ether oxygens (including phenoxy) is 1. The predicted molar refractivity (Wildman–Crippen MR) is 65.3 cm³/mol. The van der Waals surface area contributed by atoms with E-state index in [-0.39, 0.29) is 18.1 Å². The molecule has 2 heterocycles. The maximum absolute atomic E-state index is 11.9. The van der Waals surface area contributed by atoms with Crippen LogP contribution < -0.4 is 5.73 Å². The van der Waals surface area contributed by atoms with E-state index in [1.165, 1.54) is 11.8 Å². The van der Waals surface area contributed by atoms with Crippen LogP contribution in [0, 0.1) is 0 Å². The molecule has 19 heavy (non-hydrogen) atoms. The molecular weight excluding hydrogens is 250 g/mol. The molecule has 8 nitrogen and oxygen atoms in total. The Balaban J connectivity index is 2.16. The number of hydrogen-bond acceptors (Lipinski definition) is 6. The first-order valence-corrected chi connectivity index (χ1v) is 6.16. The van der Waals surface area contributed by atoms with E-state index in [1.54, 1.807) is 4.90 Å². The highest BCUT2D eigenvalue weighted by molar-refractivity contribution is 5.88. The van der Waals surface area contributed by atoms with Crippen LogP contribution in [0.15, 0.2) is 0 Å². The summed E-state index contributed by atoms with van der Waals surface area (Å²) in [6.07, 6.45) is 1.46. The van der Waals surface area contributed by atoms with Gasteiger partial charge in [-0.3, -0.25) is 4.79 Å². The molecule has 0 radical (unpaired) electrons. The van der Waals surface area contributed by atoms with Gasteiger partial charge in [0.2, 0.25) is 5.91 Å². The van der Waals surface area contributed by atoms with E-state index in [9.17, 15) is 9.59 Å². The molecule has 0 spiro atoms. The molecule has 1 saturated heterocycles. The lowest BCUT2D eigenvalue weighted by atomic mass is 10.2. The molecule has 0 aliphatic carbocycles. The van der Waals surface area contributed by atoms with Gasteiger partial charge in [0.1, 0.15) is 6.54 Å². The number of hydrogen-bond donors (Lipinski definition) is 1. The Morgan fingerprint density at radius 1 is 1.42 bits per heavy atom. The Morgan fingerprint density at radius 2 is 2.16 bits per heavy atom. The number of methoxy groups -OCH3 is 1. The molecule has 1 aromatic rings. The second kappa shape index (κ2) is 5.79. The van der Waals surface area contributed by atoms with Gasteiger partial charge in [-0.05, 0) is 13.0 Å². The molecule has 0 bridgehead atoms. The second-order valence-corrected chi connectivity index (χ2v) is 4.31. The number of amides is 1. The third kappa shape index (κ3) is 2.73. The maximum Gasteiger partial charge on any atom is 0.360 e. The van der Waals surface area contributed by atoms with Crippen LogP contribution in [0.3, 0.4) is 0 Å². The van der Waals surface area contributed by atoms with Gasteiger partial charge >= 0.3 is 5.97 Å². The van der Waals surface area contributed by atoms with Crippen molar-refractivity contribution in [2.45, 2.75) is 19.4 Å². The fourth-order valence-electron chi connectivity index (χ4n) is 1.89. The fraction of sp³-hybridized carbons (Fsp3) is 0.636. The SMILES string of the molecule is COC(=O)c1nnn(CC(=O)N2CCC2)c1CCN. The molecule has 2 rings (SSSR count). The molecule has 1 fully saturated rings. The lowest BCUT2D eigenvalue weighted by Gasteiger charge is -2.30. The summed E-state index contributed by atoms with van der Waals surface area (Å²) in [5, 5.41) is 7.62. The van der Waals surface area contributed by atoms with Crippen LogP contribution >= 0.6 is 0 Å². The zero-order valence-corrected chi connectivity index (χ0v) is 10.8. The predicted octanol–water partition coefficient (Wildman–Crippen LogP) is -1.20. The smallest absolute Gasteiger partial charge is 0.360 e. The normalized spacial score (nSPS) is 14.1. The van der Waals surface area contributed by atoms with Gasteiger partial charge < -0.3 is 15.4 Å². The Bertz CT molecular complexity index is 481. The highest BCUT2D eigenvalue weighted by Crippen LogP contribution is 2.11. The molecule has 8 heteroatoms. The molecule has 1 aliphatic rings. The van der Waals surface area contributed by atoms with Crippen molar-refractivity contribution in [2.24, 2.45) is 5.73 Å². The number of likely N-dealkylation sites (tertiary alicyclic amines) is 1. The molecule has 2 N–H and O–H groups in total. The van der Waals surface area contributed by atoms with Crippen molar-refractivity contribution in [1.29, 1.82) is 0 Å². The van der Waals surface area contributed by atoms with Gasteiger partial charge in [0.15, 0.2) is 5.69 Å². The largest absolute Gasteiger partial charge is 0.464 e. The summed E-state index contributed by atoms with van der Waals surface area (Å²) < 4.78 is 6.06. The minimum Gasteiger partial charge on any atom is -0.464 e. The lowest BCUT2D eigenvalue weighted by Crippen LogP contribution is -2.44. The minimum absolute atomic E-state index is 0.0224. The van der Waals surface area contributed by atoms with E-state index >= 15 is 0 Å². The van der Waals surface area contributed by atoms with Crippen molar-refractivity contribution in [3.63, 3.8) is 0 Å². The maximum atomic E-state index is 11.9. The fourth-order valence-corrected chi connectivity index (χ4v) is 1.89. The zero-order chi connectivity index (χ0) is 13.8. The quantitative estimate of drug-likeness (QED) is 0.672. The topological polar surface area (TPSA) is 103 Å². The lowest BCUT2D eigenvalue weighted by molar-refractivity contribution is -0.135. The van der Waals surface area contributed by atoms with Crippen LogP contribution in [0.5, 0.6) is 0 Å². The first kappa shape index (κ1) is 13.5. The van der Waals surface area contributed by atoms with Crippen molar-refractivity contribution in [1.82, 2.24) is 19.9 Å². The Morgan fingerprint density at radius 3 is 2.68 bits per heavy atom. The number of esters is 1. The zero-order valence-electron chi connectivity index (χ0n) is 10.8. The molecule has 0 atom stereocenters. The Hall–Kier alpha value is -1.96. The van der Waals surface area contributed by atoms with Crippen molar-refractivity contribution < 1.29 is 14.3 Å². The molecule has 0 aromatic carbocycles. The first-order valence-electron chi connectivity index (χ1n) is 6.16. The summed E-state index contributed by atoms with van der Waals surface area (Å²) in [6.45, 7) is 1.99. The number of aromatic nitrogens is 3. The average Bonchev–Trinajstić information content (AvgIpc) is 2.70. The Labute approximate surface area is 110 Å². The van der Waals surface area contributed by atoms with Gasteiger partial charge in [0, 0.05) is 19.5 Å².